The number of aromatic nitrogens is 4. The number of rotatable bonds is 7. The molecule has 0 atom stereocenters. The van der Waals surface area contributed by atoms with Gasteiger partial charge >= 0.3 is 0 Å². The Hall–Kier alpha value is -2.87. The van der Waals surface area contributed by atoms with Crippen molar-refractivity contribution in [2.75, 3.05) is 11.1 Å². The fraction of sp³-hybridized carbons (Fsp3) is 0.333. The zero-order chi connectivity index (χ0) is 20.4. The van der Waals surface area contributed by atoms with Gasteiger partial charge < -0.3 is 5.32 Å². The number of amides is 1. The standard InChI is InChI=1S/C21H23N5O2S/c1-13-14(2)22-21(24-20(13)28)26-18(10-17(25-26)16-8-9-16)23-19(27)12-29-11-15-6-4-3-5-7-15/h3-7,10,16H,8-9,11-12H2,1-2H3,(H,23,27)(H,22,24,28). The van der Waals surface area contributed by atoms with Crippen LogP contribution in [0.2, 0.25) is 0 Å². The summed E-state index contributed by atoms with van der Waals surface area (Å²) in [5, 5.41) is 7.53. The maximum Gasteiger partial charge on any atom is 0.255 e. The first-order chi connectivity index (χ1) is 14.0. The van der Waals surface area contributed by atoms with E-state index in [0.29, 0.717) is 34.7 Å². The number of anilines is 1. The van der Waals surface area contributed by atoms with E-state index >= 15 is 0 Å². The third-order valence-electron chi connectivity index (χ3n) is 4.92. The van der Waals surface area contributed by atoms with E-state index in [1.807, 2.05) is 36.4 Å². The molecule has 29 heavy (non-hydrogen) atoms. The normalized spacial score (nSPS) is 13.4. The van der Waals surface area contributed by atoms with Gasteiger partial charge in [-0.05, 0) is 32.3 Å². The van der Waals surface area contributed by atoms with Crippen LogP contribution in [-0.2, 0) is 10.5 Å². The highest BCUT2D eigenvalue weighted by molar-refractivity contribution is 7.99. The minimum atomic E-state index is -0.202. The Morgan fingerprint density at radius 1 is 1.28 bits per heavy atom. The number of H-pyrrole nitrogens is 1. The Labute approximate surface area is 173 Å². The highest BCUT2D eigenvalue weighted by atomic mass is 32.2. The molecule has 2 heterocycles. The van der Waals surface area contributed by atoms with Crippen LogP contribution >= 0.6 is 11.8 Å². The molecule has 2 N–H and O–H groups in total. The molecule has 2 aromatic heterocycles. The topological polar surface area (TPSA) is 92.7 Å². The smallest absolute Gasteiger partial charge is 0.255 e. The quantitative estimate of drug-likeness (QED) is 0.624. The zero-order valence-corrected chi connectivity index (χ0v) is 17.3. The molecule has 0 bridgehead atoms. The fourth-order valence-electron chi connectivity index (χ4n) is 2.97. The summed E-state index contributed by atoms with van der Waals surface area (Å²) in [6, 6.07) is 11.9. The molecule has 0 aliphatic heterocycles. The molecule has 1 amide bonds. The van der Waals surface area contributed by atoms with Gasteiger partial charge in [0.2, 0.25) is 11.9 Å². The lowest BCUT2D eigenvalue weighted by Gasteiger charge is -2.09. The fourth-order valence-corrected chi connectivity index (χ4v) is 3.76. The van der Waals surface area contributed by atoms with Gasteiger partial charge in [0.15, 0.2) is 0 Å². The second-order valence-corrected chi connectivity index (χ2v) is 8.25. The zero-order valence-electron chi connectivity index (χ0n) is 16.4. The van der Waals surface area contributed by atoms with E-state index in [1.54, 1.807) is 25.6 Å². The van der Waals surface area contributed by atoms with Crippen molar-refractivity contribution in [2.45, 2.75) is 38.4 Å². The molecule has 4 rings (SSSR count). The summed E-state index contributed by atoms with van der Waals surface area (Å²) in [5.41, 5.74) is 3.11. The Morgan fingerprint density at radius 3 is 2.72 bits per heavy atom. The van der Waals surface area contributed by atoms with Crippen molar-refractivity contribution in [1.82, 2.24) is 19.7 Å². The monoisotopic (exact) mass is 409 g/mol. The molecule has 7 nitrogen and oxygen atoms in total. The van der Waals surface area contributed by atoms with Gasteiger partial charge in [0.25, 0.3) is 5.56 Å². The summed E-state index contributed by atoms with van der Waals surface area (Å²) >= 11 is 1.55. The molecule has 0 radical (unpaired) electrons. The number of carbonyl (C=O) groups is 1. The maximum atomic E-state index is 12.5. The summed E-state index contributed by atoms with van der Waals surface area (Å²) in [5.74, 6) is 2.25. The first-order valence-corrected chi connectivity index (χ1v) is 10.8. The summed E-state index contributed by atoms with van der Waals surface area (Å²) in [6.07, 6.45) is 2.18. The number of nitrogens with one attached hydrogen (secondary N) is 2. The SMILES string of the molecule is Cc1nc(-n2nc(C3CC3)cc2NC(=O)CSCc2ccccc2)[nH]c(=O)c1C. The highest BCUT2D eigenvalue weighted by Crippen LogP contribution is 2.40. The maximum absolute atomic E-state index is 12.5. The predicted molar refractivity (Wildman–Crippen MR) is 115 cm³/mol. The Kier molecular flexibility index (Phi) is 5.53. The number of thioether (sulfide) groups is 1. The van der Waals surface area contributed by atoms with Crippen molar-refractivity contribution < 1.29 is 4.79 Å². The third kappa shape index (κ3) is 4.59. The van der Waals surface area contributed by atoms with Crippen LogP contribution in [-0.4, -0.2) is 31.4 Å². The van der Waals surface area contributed by atoms with Crippen LogP contribution in [0.3, 0.4) is 0 Å². The summed E-state index contributed by atoms with van der Waals surface area (Å²) in [6.45, 7) is 3.52. The number of benzene rings is 1. The molecule has 0 unspecified atom stereocenters. The summed E-state index contributed by atoms with van der Waals surface area (Å²) in [4.78, 5) is 31.9. The molecular formula is C21H23N5O2S. The molecule has 150 valence electrons. The lowest BCUT2D eigenvalue weighted by Crippen LogP contribution is -2.21. The minimum absolute atomic E-state index is 0.111. The Balaban J connectivity index is 1.50. The van der Waals surface area contributed by atoms with Crippen LogP contribution in [0.1, 0.15) is 41.3 Å². The van der Waals surface area contributed by atoms with Gasteiger partial charge in [-0.15, -0.1) is 11.8 Å². The van der Waals surface area contributed by atoms with Crippen LogP contribution in [0.5, 0.6) is 0 Å². The Morgan fingerprint density at radius 2 is 2.03 bits per heavy atom. The number of aryl methyl sites for hydroxylation is 1. The lowest BCUT2D eigenvalue weighted by molar-refractivity contribution is -0.113. The van der Waals surface area contributed by atoms with Gasteiger partial charge in [-0.2, -0.15) is 9.78 Å². The van der Waals surface area contributed by atoms with Crippen molar-refractivity contribution in [1.29, 1.82) is 0 Å². The van der Waals surface area contributed by atoms with E-state index in [4.69, 9.17) is 0 Å². The van der Waals surface area contributed by atoms with Crippen molar-refractivity contribution in [2.24, 2.45) is 0 Å². The van der Waals surface area contributed by atoms with Crippen LogP contribution in [0.25, 0.3) is 5.95 Å². The molecule has 0 spiro atoms. The van der Waals surface area contributed by atoms with Gasteiger partial charge in [-0.25, -0.2) is 4.98 Å². The number of nitrogens with zero attached hydrogens (tertiary/aromatic N) is 3. The minimum Gasteiger partial charge on any atom is -0.310 e. The molecule has 8 heteroatoms. The molecule has 3 aromatic rings. The number of aromatic amines is 1. The van der Waals surface area contributed by atoms with Crippen LogP contribution < -0.4 is 10.9 Å². The lowest BCUT2D eigenvalue weighted by atomic mass is 10.2. The second kappa shape index (κ2) is 8.24. The van der Waals surface area contributed by atoms with Crippen LogP contribution in [0.15, 0.2) is 41.2 Å². The van der Waals surface area contributed by atoms with Gasteiger partial charge in [-0.3, -0.25) is 14.6 Å². The van der Waals surface area contributed by atoms with E-state index in [2.05, 4.69) is 20.4 Å². The van der Waals surface area contributed by atoms with E-state index in [0.717, 1.165) is 24.3 Å². The van der Waals surface area contributed by atoms with Crippen molar-refractivity contribution in [3.8, 4) is 5.95 Å². The first kappa shape index (κ1) is 19.4. The average molecular weight is 410 g/mol. The largest absolute Gasteiger partial charge is 0.310 e. The number of hydrogen-bond acceptors (Lipinski definition) is 5. The van der Waals surface area contributed by atoms with E-state index in [-0.39, 0.29) is 11.5 Å². The van der Waals surface area contributed by atoms with Gasteiger partial charge in [0, 0.05) is 29.0 Å². The molecule has 1 saturated carbocycles. The molecule has 0 saturated heterocycles. The van der Waals surface area contributed by atoms with Crippen molar-refractivity contribution in [3.05, 3.63) is 69.3 Å². The average Bonchev–Trinajstić information content (AvgIpc) is 3.47. The van der Waals surface area contributed by atoms with E-state index in [9.17, 15) is 9.59 Å². The summed E-state index contributed by atoms with van der Waals surface area (Å²) < 4.78 is 1.53. The first-order valence-electron chi connectivity index (χ1n) is 9.60. The van der Waals surface area contributed by atoms with Crippen LogP contribution in [0.4, 0.5) is 5.82 Å². The van der Waals surface area contributed by atoms with Gasteiger partial charge in [-0.1, -0.05) is 30.3 Å². The molecular weight excluding hydrogens is 386 g/mol. The van der Waals surface area contributed by atoms with Gasteiger partial charge in [0.1, 0.15) is 5.82 Å². The number of hydrogen-bond donors (Lipinski definition) is 2. The summed E-state index contributed by atoms with van der Waals surface area (Å²) in [7, 11) is 0. The third-order valence-corrected chi connectivity index (χ3v) is 5.92. The van der Waals surface area contributed by atoms with E-state index in [1.165, 1.54) is 10.2 Å². The van der Waals surface area contributed by atoms with Crippen molar-refractivity contribution in [3.63, 3.8) is 0 Å². The molecule has 1 aliphatic rings. The molecule has 1 fully saturated rings. The van der Waals surface area contributed by atoms with Crippen molar-refractivity contribution >= 4 is 23.5 Å². The Bertz CT molecular complexity index is 1090. The molecule has 1 aliphatic carbocycles. The second-order valence-electron chi connectivity index (χ2n) is 7.27. The van der Waals surface area contributed by atoms with E-state index < -0.39 is 0 Å². The number of carbonyl (C=O) groups excluding carboxylic acids is 1. The highest BCUT2D eigenvalue weighted by Gasteiger charge is 2.28. The predicted octanol–water partition coefficient (Wildman–Crippen LogP) is 3.32. The van der Waals surface area contributed by atoms with Crippen LogP contribution in [0, 0.1) is 13.8 Å². The van der Waals surface area contributed by atoms with Gasteiger partial charge in [0.05, 0.1) is 11.4 Å². The molecule has 1 aromatic carbocycles.